The summed E-state index contributed by atoms with van der Waals surface area (Å²) in [4.78, 5) is 11.7. The Labute approximate surface area is 132 Å². The van der Waals surface area contributed by atoms with E-state index in [1.54, 1.807) is 48.5 Å². The van der Waals surface area contributed by atoms with Crippen LogP contribution >= 0.6 is 23.2 Å². The van der Waals surface area contributed by atoms with Gasteiger partial charge >= 0.3 is 0 Å². The maximum Gasteiger partial charge on any atom is 0.273 e. The van der Waals surface area contributed by atoms with E-state index in [9.17, 15) is 9.90 Å². The molecule has 0 saturated carbocycles. The van der Waals surface area contributed by atoms with Crippen LogP contribution in [-0.4, -0.2) is 17.2 Å². The lowest BCUT2D eigenvalue weighted by Crippen LogP contribution is -2.25. The van der Waals surface area contributed by atoms with Gasteiger partial charge in [0.2, 0.25) is 0 Å². The number of hydrogen-bond donors (Lipinski definition) is 2. The molecule has 2 aromatic carbocycles. The van der Waals surface area contributed by atoms with Crippen molar-refractivity contribution in [3.8, 4) is 0 Å². The van der Waals surface area contributed by atoms with Gasteiger partial charge < -0.3 is 5.11 Å². The van der Waals surface area contributed by atoms with E-state index < -0.39 is 12.0 Å². The van der Waals surface area contributed by atoms with Gasteiger partial charge in [-0.3, -0.25) is 4.79 Å². The second-order valence-corrected chi connectivity index (χ2v) is 5.06. The monoisotopic (exact) mass is 322 g/mol. The van der Waals surface area contributed by atoms with Crippen LogP contribution in [0.25, 0.3) is 0 Å². The molecule has 0 aliphatic rings. The van der Waals surface area contributed by atoms with Gasteiger partial charge in [0.25, 0.3) is 5.91 Å². The molecule has 2 N–H and O–H groups in total. The number of rotatable bonds is 4. The van der Waals surface area contributed by atoms with E-state index in [0.29, 0.717) is 21.2 Å². The molecule has 108 valence electrons. The fraction of sp³-hybridized carbons (Fsp3) is 0.0667. The number of nitrogens with one attached hydrogen (secondary N) is 1. The molecule has 0 aromatic heterocycles. The van der Waals surface area contributed by atoms with Crippen LogP contribution < -0.4 is 5.43 Å². The number of hydrazone groups is 1. The van der Waals surface area contributed by atoms with E-state index in [4.69, 9.17) is 23.2 Å². The largest absolute Gasteiger partial charge is 0.378 e. The van der Waals surface area contributed by atoms with Gasteiger partial charge in [-0.05, 0) is 17.7 Å². The average Bonchev–Trinajstić information content (AvgIpc) is 2.49. The first-order chi connectivity index (χ1) is 10.1. The van der Waals surface area contributed by atoms with Crippen molar-refractivity contribution in [1.29, 1.82) is 0 Å². The van der Waals surface area contributed by atoms with Gasteiger partial charge in [0.1, 0.15) is 0 Å². The summed E-state index contributed by atoms with van der Waals surface area (Å²) in [5, 5.41) is 14.5. The number of carbonyl (C=O) groups is 1. The van der Waals surface area contributed by atoms with Crippen LogP contribution in [0.5, 0.6) is 0 Å². The summed E-state index contributed by atoms with van der Waals surface area (Å²) in [7, 11) is 0. The van der Waals surface area contributed by atoms with Crippen molar-refractivity contribution in [1.82, 2.24) is 5.43 Å². The quantitative estimate of drug-likeness (QED) is 0.670. The number of aliphatic hydroxyl groups is 1. The molecule has 0 saturated heterocycles. The molecule has 2 rings (SSSR count). The molecule has 1 unspecified atom stereocenters. The molecule has 1 amide bonds. The summed E-state index contributed by atoms with van der Waals surface area (Å²) in [6.07, 6.45) is 0.109. The SMILES string of the molecule is O=C(NN=Cc1ccc(Cl)cc1Cl)C(O)c1ccccc1. The van der Waals surface area contributed by atoms with Crippen molar-refractivity contribution in [2.75, 3.05) is 0 Å². The fourth-order valence-corrected chi connectivity index (χ4v) is 2.08. The Balaban J connectivity index is 1.99. The lowest BCUT2D eigenvalue weighted by atomic mass is 10.1. The number of amides is 1. The van der Waals surface area contributed by atoms with Crippen molar-refractivity contribution in [2.24, 2.45) is 5.10 Å². The highest BCUT2D eigenvalue weighted by Gasteiger charge is 2.15. The predicted octanol–water partition coefficient (Wildman–Crippen LogP) is 3.18. The summed E-state index contributed by atoms with van der Waals surface area (Å²) in [5.41, 5.74) is 3.36. The first-order valence-electron chi connectivity index (χ1n) is 6.09. The van der Waals surface area contributed by atoms with Gasteiger partial charge in [-0.2, -0.15) is 5.10 Å². The number of nitrogens with zero attached hydrogens (tertiary/aromatic N) is 1. The van der Waals surface area contributed by atoms with Crippen molar-refractivity contribution in [3.05, 3.63) is 69.7 Å². The van der Waals surface area contributed by atoms with Crippen molar-refractivity contribution < 1.29 is 9.90 Å². The summed E-state index contributed by atoms with van der Waals surface area (Å²) in [6.45, 7) is 0. The highest BCUT2D eigenvalue weighted by Crippen LogP contribution is 2.19. The minimum absolute atomic E-state index is 0.420. The molecular formula is C15H12Cl2N2O2. The second kappa shape index (κ2) is 7.22. The van der Waals surface area contributed by atoms with Crippen molar-refractivity contribution in [2.45, 2.75) is 6.10 Å². The molecule has 4 nitrogen and oxygen atoms in total. The standard InChI is InChI=1S/C15H12Cl2N2O2/c16-12-7-6-11(13(17)8-12)9-18-19-15(21)14(20)10-4-2-1-3-5-10/h1-9,14,20H,(H,19,21). The molecule has 2 aromatic rings. The minimum Gasteiger partial charge on any atom is -0.378 e. The highest BCUT2D eigenvalue weighted by molar-refractivity contribution is 6.36. The van der Waals surface area contributed by atoms with Gasteiger partial charge in [0.15, 0.2) is 6.10 Å². The highest BCUT2D eigenvalue weighted by atomic mass is 35.5. The maximum atomic E-state index is 11.7. The van der Waals surface area contributed by atoms with E-state index in [0.717, 1.165) is 0 Å². The molecule has 1 atom stereocenters. The van der Waals surface area contributed by atoms with Crippen LogP contribution in [0, 0.1) is 0 Å². The van der Waals surface area contributed by atoms with Gasteiger partial charge in [-0.15, -0.1) is 0 Å². The van der Waals surface area contributed by atoms with Gasteiger partial charge in [-0.25, -0.2) is 5.43 Å². The average molecular weight is 323 g/mol. The smallest absolute Gasteiger partial charge is 0.273 e. The van der Waals surface area contributed by atoms with Gasteiger partial charge in [-0.1, -0.05) is 59.6 Å². The fourth-order valence-electron chi connectivity index (χ4n) is 1.62. The van der Waals surface area contributed by atoms with Crippen LogP contribution in [0.15, 0.2) is 53.6 Å². The van der Waals surface area contributed by atoms with E-state index in [1.165, 1.54) is 6.21 Å². The molecule has 0 aliphatic heterocycles. The number of carbonyl (C=O) groups excluding carboxylic acids is 1. The number of hydrogen-bond acceptors (Lipinski definition) is 3. The molecule has 0 bridgehead atoms. The molecule has 0 radical (unpaired) electrons. The lowest BCUT2D eigenvalue weighted by molar-refractivity contribution is -0.129. The Morgan fingerprint density at radius 3 is 2.57 bits per heavy atom. The summed E-state index contributed by atoms with van der Waals surface area (Å²) < 4.78 is 0. The zero-order valence-electron chi connectivity index (χ0n) is 10.8. The second-order valence-electron chi connectivity index (χ2n) is 4.21. The topological polar surface area (TPSA) is 61.7 Å². The molecule has 21 heavy (non-hydrogen) atoms. The maximum absolute atomic E-state index is 11.7. The normalized spacial score (nSPS) is 12.3. The minimum atomic E-state index is -1.27. The van der Waals surface area contributed by atoms with Crippen LogP contribution in [0.2, 0.25) is 10.0 Å². The first kappa shape index (κ1) is 15.5. The zero-order chi connectivity index (χ0) is 15.2. The Hall–Kier alpha value is -1.88. The van der Waals surface area contributed by atoms with E-state index in [-0.39, 0.29) is 0 Å². The first-order valence-corrected chi connectivity index (χ1v) is 6.84. The molecule has 0 heterocycles. The lowest BCUT2D eigenvalue weighted by Gasteiger charge is -2.08. The number of halogens is 2. The Bertz CT molecular complexity index is 660. The van der Waals surface area contributed by atoms with Crippen LogP contribution in [0.3, 0.4) is 0 Å². The van der Waals surface area contributed by atoms with Crippen LogP contribution in [0.1, 0.15) is 17.2 Å². The van der Waals surface area contributed by atoms with Gasteiger partial charge in [0.05, 0.1) is 11.2 Å². The van der Waals surface area contributed by atoms with E-state index in [1.807, 2.05) is 0 Å². The third kappa shape index (κ3) is 4.29. The zero-order valence-corrected chi connectivity index (χ0v) is 12.3. The number of aliphatic hydroxyl groups excluding tert-OH is 1. The molecule has 0 spiro atoms. The van der Waals surface area contributed by atoms with Gasteiger partial charge in [0, 0.05) is 10.6 Å². The summed E-state index contributed by atoms with van der Waals surface area (Å²) in [6, 6.07) is 13.5. The third-order valence-electron chi connectivity index (χ3n) is 2.70. The Morgan fingerprint density at radius 1 is 1.19 bits per heavy atom. The molecule has 0 fully saturated rings. The third-order valence-corrected chi connectivity index (χ3v) is 3.27. The Morgan fingerprint density at radius 2 is 1.90 bits per heavy atom. The molecular weight excluding hydrogens is 311 g/mol. The van der Waals surface area contributed by atoms with E-state index in [2.05, 4.69) is 10.5 Å². The van der Waals surface area contributed by atoms with E-state index >= 15 is 0 Å². The van der Waals surface area contributed by atoms with Crippen molar-refractivity contribution in [3.63, 3.8) is 0 Å². The summed E-state index contributed by atoms with van der Waals surface area (Å²) in [5.74, 6) is -0.623. The predicted molar refractivity (Wildman–Crippen MR) is 83.6 cm³/mol. The van der Waals surface area contributed by atoms with Crippen LogP contribution in [0.4, 0.5) is 0 Å². The molecule has 0 aliphatic carbocycles. The Kier molecular flexibility index (Phi) is 5.33. The van der Waals surface area contributed by atoms with Crippen molar-refractivity contribution >= 4 is 35.3 Å². The molecule has 6 heteroatoms. The summed E-state index contributed by atoms with van der Waals surface area (Å²) >= 11 is 11.7. The number of benzene rings is 2. The van der Waals surface area contributed by atoms with Crippen LogP contribution in [-0.2, 0) is 4.79 Å².